The van der Waals surface area contributed by atoms with Gasteiger partial charge in [0.25, 0.3) is 0 Å². The van der Waals surface area contributed by atoms with Crippen molar-refractivity contribution in [1.82, 2.24) is 0 Å². The topological polar surface area (TPSA) is 20.2 Å². The van der Waals surface area contributed by atoms with Crippen LogP contribution < -0.4 is 0 Å². The molecule has 0 radical (unpaired) electrons. The van der Waals surface area contributed by atoms with Crippen molar-refractivity contribution in [3.05, 3.63) is 34.9 Å². The molecule has 0 heterocycles. The number of hydrogen-bond acceptors (Lipinski definition) is 1. The molecule has 1 fully saturated rings. The highest BCUT2D eigenvalue weighted by Crippen LogP contribution is 2.40. The summed E-state index contributed by atoms with van der Waals surface area (Å²) in [6, 6.07) is 7.98. The highest BCUT2D eigenvalue weighted by molar-refractivity contribution is 6.31. The van der Waals surface area contributed by atoms with Crippen LogP contribution in [-0.4, -0.2) is 10.7 Å². The standard InChI is InChI=1S/C13H17ClO/c1-13(15)8-4-5-10(9-13)11-6-2-3-7-12(11)14/h2-3,6-7,10,15H,4-5,8-9H2,1H3/t10?,13-/m0/s1. The summed E-state index contributed by atoms with van der Waals surface area (Å²) in [5.74, 6) is 0.419. The van der Waals surface area contributed by atoms with Crippen LogP contribution in [0.15, 0.2) is 24.3 Å². The number of halogens is 1. The normalized spacial score (nSPS) is 31.5. The van der Waals surface area contributed by atoms with Crippen LogP contribution >= 0.6 is 11.6 Å². The average Bonchev–Trinajstić information content (AvgIpc) is 2.17. The zero-order valence-electron chi connectivity index (χ0n) is 9.04. The molecule has 0 spiro atoms. The van der Waals surface area contributed by atoms with E-state index in [4.69, 9.17) is 11.6 Å². The Morgan fingerprint density at radius 1 is 1.40 bits per heavy atom. The molecule has 1 N–H and O–H groups in total. The average molecular weight is 225 g/mol. The van der Waals surface area contributed by atoms with Crippen molar-refractivity contribution in [2.75, 3.05) is 0 Å². The maximum atomic E-state index is 10.1. The minimum Gasteiger partial charge on any atom is -0.390 e. The smallest absolute Gasteiger partial charge is 0.0625 e. The summed E-state index contributed by atoms with van der Waals surface area (Å²) in [5.41, 5.74) is 0.682. The predicted molar refractivity (Wildman–Crippen MR) is 63.3 cm³/mol. The SMILES string of the molecule is C[C@]1(O)CCCC(c2ccccc2Cl)C1. The Labute approximate surface area is 96.1 Å². The van der Waals surface area contributed by atoms with Crippen molar-refractivity contribution in [3.8, 4) is 0 Å². The van der Waals surface area contributed by atoms with Crippen molar-refractivity contribution in [2.24, 2.45) is 0 Å². The number of rotatable bonds is 1. The third-order valence-corrected chi connectivity index (χ3v) is 3.64. The molecule has 0 saturated heterocycles. The molecule has 0 amide bonds. The van der Waals surface area contributed by atoms with Crippen molar-refractivity contribution in [1.29, 1.82) is 0 Å². The van der Waals surface area contributed by atoms with Gasteiger partial charge in [-0.1, -0.05) is 29.8 Å². The molecule has 0 aromatic heterocycles. The summed E-state index contributed by atoms with van der Waals surface area (Å²) in [4.78, 5) is 0. The largest absolute Gasteiger partial charge is 0.390 e. The molecule has 1 aliphatic carbocycles. The van der Waals surface area contributed by atoms with Crippen LogP contribution in [0.1, 0.15) is 44.1 Å². The molecule has 15 heavy (non-hydrogen) atoms. The third kappa shape index (κ3) is 2.53. The maximum absolute atomic E-state index is 10.1. The second kappa shape index (κ2) is 4.15. The third-order valence-electron chi connectivity index (χ3n) is 3.30. The molecule has 1 aromatic rings. The minimum atomic E-state index is -0.512. The van der Waals surface area contributed by atoms with Crippen LogP contribution in [0, 0.1) is 0 Å². The van der Waals surface area contributed by atoms with Crippen molar-refractivity contribution in [2.45, 2.75) is 44.1 Å². The van der Waals surface area contributed by atoms with Gasteiger partial charge in [0, 0.05) is 5.02 Å². The zero-order chi connectivity index (χ0) is 10.9. The first-order valence-electron chi connectivity index (χ1n) is 5.55. The Kier molecular flexibility index (Phi) is 3.03. The summed E-state index contributed by atoms with van der Waals surface area (Å²) in [6.07, 6.45) is 3.97. The molecule has 2 atom stereocenters. The van der Waals surface area contributed by atoms with Gasteiger partial charge in [-0.2, -0.15) is 0 Å². The van der Waals surface area contributed by atoms with Crippen LogP contribution in [0.4, 0.5) is 0 Å². The van der Waals surface area contributed by atoms with E-state index in [2.05, 4.69) is 6.07 Å². The van der Waals surface area contributed by atoms with Crippen molar-refractivity contribution in [3.63, 3.8) is 0 Å². The van der Waals surface area contributed by atoms with Crippen LogP contribution in [0.5, 0.6) is 0 Å². The molecule has 0 bridgehead atoms. The zero-order valence-corrected chi connectivity index (χ0v) is 9.80. The first kappa shape index (κ1) is 11.0. The minimum absolute atomic E-state index is 0.419. The number of benzene rings is 1. The Morgan fingerprint density at radius 2 is 2.13 bits per heavy atom. The predicted octanol–water partition coefficient (Wildman–Crippen LogP) is 3.75. The Hall–Kier alpha value is -0.530. The summed E-state index contributed by atoms with van der Waals surface area (Å²) < 4.78 is 0. The highest BCUT2D eigenvalue weighted by atomic mass is 35.5. The lowest BCUT2D eigenvalue weighted by atomic mass is 9.76. The molecular weight excluding hydrogens is 208 g/mol. The molecule has 1 nitrogen and oxygen atoms in total. The second-order valence-corrected chi connectivity index (χ2v) is 5.22. The molecule has 1 saturated carbocycles. The monoisotopic (exact) mass is 224 g/mol. The van der Waals surface area contributed by atoms with Crippen LogP contribution in [-0.2, 0) is 0 Å². The fraction of sp³-hybridized carbons (Fsp3) is 0.538. The molecular formula is C13H17ClO. The summed E-state index contributed by atoms with van der Waals surface area (Å²) in [7, 11) is 0. The molecule has 2 heteroatoms. The van der Waals surface area contributed by atoms with E-state index < -0.39 is 5.60 Å². The first-order chi connectivity index (χ1) is 7.08. The Morgan fingerprint density at radius 3 is 2.80 bits per heavy atom. The lowest BCUT2D eigenvalue weighted by Crippen LogP contribution is -2.30. The van der Waals surface area contributed by atoms with E-state index in [9.17, 15) is 5.11 Å². The van der Waals surface area contributed by atoms with Crippen molar-refractivity contribution >= 4 is 11.6 Å². The molecule has 1 unspecified atom stereocenters. The van der Waals surface area contributed by atoms with E-state index in [-0.39, 0.29) is 0 Å². The van der Waals surface area contributed by atoms with Gasteiger partial charge in [0.1, 0.15) is 0 Å². The molecule has 1 aliphatic rings. The van der Waals surface area contributed by atoms with Gasteiger partial charge >= 0.3 is 0 Å². The lowest BCUT2D eigenvalue weighted by molar-refractivity contribution is 0.0145. The molecule has 1 aromatic carbocycles. The quantitative estimate of drug-likeness (QED) is 0.771. The Bertz CT molecular complexity index is 346. The van der Waals surface area contributed by atoms with Gasteiger partial charge in [0.15, 0.2) is 0 Å². The number of hydrogen-bond donors (Lipinski definition) is 1. The summed E-state index contributed by atoms with van der Waals surface area (Å²) in [6.45, 7) is 1.93. The van der Waals surface area contributed by atoms with E-state index in [0.29, 0.717) is 5.92 Å². The van der Waals surface area contributed by atoms with E-state index in [1.54, 1.807) is 0 Å². The fourth-order valence-corrected chi connectivity index (χ4v) is 2.83. The molecule has 82 valence electrons. The highest BCUT2D eigenvalue weighted by Gasteiger charge is 2.31. The van der Waals surface area contributed by atoms with Gasteiger partial charge in [0.05, 0.1) is 5.60 Å². The van der Waals surface area contributed by atoms with E-state index in [1.807, 2.05) is 25.1 Å². The van der Waals surface area contributed by atoms with Crippen molar-refractivity contribution < 1.29 is 5.11 Å². The van der Waals surface area contributed by atoms with E-state index in [0.717, 1.165) is 30.7 Å². The van der Waals surface area contributed by atoms with Crippen LogP contribution in [0.3, 0.4) is 0 Å². The first-order valence-corrected chi connectivity index (χ1v) is 5.93. The number of aliphatic hydroxyl groups is 1. The molecule has 0 aliphatic heterocycles. The summed E-state index contributed by atoms with van der Waals surface area (Å²) >= 11 is 6.17. The van der Waals surface area contributed by atoms with Crippen LogP contribution in [0.2, 0.25) is 5.02 Å². The maximum Gasteiger partial charge on any atom is 0.0625 e. The summed E-state index contributed by atoms with van der Waals surface area (Å²) in [5, 5.41) is 10.9. The van der Waals surface area contributed by atoms with Gasteiger partial charge in [0.2, 0.25) is 0 Å². The van der Waals surface area contributed by atoms with E-state index >= 15 is 0 Å². The van der Waals surface area contributed by atoms with Gasteiger partial charge in [-0.25, -0.2) is 0 Å². The molecule has 2 rings (SSSR count). The second-order valence-electron chi connectivity index (χ2n) is 4.81. The van der Waals surface area contributed by atoms with Gasteiger partial charge < -0.3 is 5.11 Å². The fourth-order valence-electron chi connectivity index (χ4n) is 2.54. The van der Waals surface area contributed by atoms with Gasteiger partial charge in [-0.3, -0.25) is 0 Å². The Balaban J connectivity index is 2.21. The van der Waals surface area contributed by atoms with Gasteiger partial charge in [-0.15, -0.1) is 0 Å². The van der Waals surface area contributed by atoms with Gasteiger partial charge in [-0.05, 0) is 50.2 Å². The lowest BCUT2D eigenvalue weighted by Gasteiger charge is -2.34. The van der Waals surface area contributed by atoms with E-state index in [1.165, 1.54) is 5.56 Å². The van der Waals surface area contributed by atoms with Crippen LogP contribution in [0.25, 0.3) is 0 Å².